The fraction of sp³-hybridized carbons (Fsp3) is 0.414. The second-order valence-electron chi connectivity index (χ2n) is 11.2. The summed E-state index contributed by atoms with van der Waals surface area (Å²) in [5.41, 5.74) is 1.88. The molecule has 0 bridgehead atoms. The van der Waals surface area contributed by atoms with Crippen molar-refractivity contribution < 1.29 is 9.59 Å². The molecule has 0 radical (unpaired) electrons. The molecule has 3 aromatic heterocycles. The van der Waals surface area contributed by atoms with E-state index in [9.17, 15) is 9.59 Å². The van der Waals surface area contributed by atoms with Crippen LogP contribution in [0.4, 0.5) is 22.4 Å². The Bertz CT molecular complexity index is 1530. The van der Waals surface area contributed by atoms with E-state index in [0.29, 0.717) is 61.6 Å². The molecule has 0 saturated carbocycles. The number of fused-ring (bicyclic) bond motifs is 2. The first kappa shape index (κ1) is 25.7. The summed E-state index contributed by atoms with van der Waals surface area (Å²) in [5, 5.41) is 0. The molecule has 0 aromatic carbocycles. The van der Waals surface area contributed by atoms with Gasteiger partial charge in [-0.1, -0.05) is 12.6 Å². The Morgan fingerprint density at radius 2 is 1.85 bits per heavy atom. The van der Waals surface area contributed by atoms with Crippen LogP contribution in [-0.2, 0) is 6.54 Å². The zero-order valence-corrected chi connectivity index (χ0v) is 23.1. The van der Waals surface area contributed by atoms with Crippen LogP contribution in [0.5, 0.6) is 0 Å². The van der Waals surface area contributed by atoms with Gasteiger partial charge >= 0.3 is 6.03 Å². The van der Waals surface area contributed by atoms with E-state index in [-0.39, 0.29) is 23.9 Å². The summed E-state index contributed by atoms with van der Waals surface area (Å²) in [6.07, 6.45) is 5.11. The molecule has 0 N–H and O–H groups in total. The number of hydrogen-bond donors (Lipinski definition) is 0. The normalized spacial score (nSPS) is 19.8. The van der Waals surface area contributed by atoms with Crippen LogP contribution in [0.15, 0.2) is 42.9 Å². The average molecular weight is 538 g/mol. The van der Waals surface area contributed by atoms with Crippen molar-refractivity contribution in [1.29, 1.82) is 0 Å². The maximum absolute atomic E-state index is 13.3. The van der Waals surface area contributed by atoms with Gasteiger partial charge in [0.1, 0.15) is 12.0 Å². The standard InChI is InChI=1S/C29H31N9O2/c1-18(2)37-17-21-16-35(11-12-36(21)28(37)40)27-32-13-20(14-33-27)23-9-8-22-24(39)29(3,4)38(26(22)34-23)15-19-7-6-10-31-25(19)30-5/h6-10,13-14,18,21H,11-12,15-17H2,1-4H3/t21-/m0/s1. The van der Waals surface area contributed by atoms with Gasteiger partial charge in [-0.2, -0.15) is 0 Å². The summed E-state index contributed by atoms with van der Waals surface area (Å²) in [5.74, 6) is 1.51. The lowest BCUT2D eigenvalue weighted by Crippen LogP contribution is -2.52. The molecule has 0 aliphatic carbocycles. The highest BCUT2D eigenvalue weighted by Gasteiger charge is 2.45. The van der Waals surface area contributed by atoms with Crippen molar-refractivity contribution in [3.05, 3.63) is 65.4 Å². The molecule has 1 atom stereocenters. The first-order valence-electron chi connectivity index (χ1n) is 13.5. The van der Waals surface area contributed by atoms with Crippen molar-refractivity contribution in [2.24, 2.45) is 0 Å². The Morgan fingerprint density at radius 3 is 2.58 bits per heavy atom. The van der Waals surface area contributed by atoms with Gasteiger partial charge in [-0.3, -0.25) is 4.79 Å². The molecule has 2 amide bonds. The summed E-state index contributed by atoms with van der Waals surface area (Å²) >= 11 is 0. The molecule has 40 heavy (non-hydrogen) atoms. The molecule has 3 aliphatic rings. The number of Topliss-reactive ketones (excluding diaryl/α,β-unsaturated/α-hetero) is 1. The van der Waals surface area contributed by atoms with Gasteiger partial charge in [-0.05, 0) is 51.5 Å². The molecule has 204 valence electrons. The Kier molecular flexibility index (Phi) is 6.13. The molecular weight excluding hydrogens is 506 g/mol. The number of piperazine rings is 1. The van der Waals surface area contributed by atoms with E-state index < -0.39 is 5.54 Å². The van der Waals surface area contributed by atoms with Gasteiger partial charge in [0.15, 0.2) is 5.78 Å². The van der Waals surface area contributed by atoms with Gasteiger partial charge in [0.2, 0.25) is 5.95 Å². The number of rotatable bonds is 5. The zero-order valence-electron chi connectivity index (χ0n) is 23.1. The van der Waals surface area contributed by atoms with E-state index >= 15 is 0 Å². The minimum Gasteiger partial charge on any atom is -0.360 e. The lowest BCUT2D eigenvalue weighted by molar-refractivity contribution is 0.0923. The molecule has 2 fully saturated rings. The minimum atomic E-state index is -0.821. The molecule has 11 nitrogen and oxygen atoms in total. The number of amides is 2. The number of aromatic nitrogens is 4. The Labute approximate surface area is 233 Å². The number of pyridine rings is 2. The van der Waals surface area contributed by atoms with Crippen molar-refractivity contribution in [2.75, 3.05) is 36.0 Å². The van der Waals surface area contributed by atoms with Crippen molar-refractivity contribution in [3.63, 3.8) is 0 Å². The van der Waals surface area contributed by atoms with Crippen LogP contribution in [-0.4, -0.2) is 85.4 Å². The Morgan fingerprint density at radius 1 is 1.07 bits per heavy atom. The predicted octanol–water partition coefficient (Wildman–Crippen LogP) is 3.80. The SMILES string of the molecule is [C-]#[N+]c1ncccc1CN1c2nc(-c3cnc(N4CCN5C(=O)N(C(C)C)C[C@@H]5C4)nc3)ccc2C(=O)C1(C)C. The molecule has 2 saturated heterocycles. The molecule has 11 heteroatoms. The van der Waals surface area contributed by atoms with Crippen molar-refractivity contribution in [3.8, 4) is 11.3 Å². The maximum atomic E-state index is 13.3. The van der Waals surface area contributed by atoms with E-state index in [1.807, 2.05) is 60.6 Å². The third-order valence-corrected chi connectivity index (χ3v) is 8.13. The maximum Gasteiger partial charge on any atom is 0.320 e. The van der Waals surface area contributed by atoms with Gasteiger partial charge in [0.05, 0.1) is 22.8 Å². The number of hydrogen-bond acceptors (Lipinski definition) is 8. The van der Waals surface area contributed by atoms with E-state index in [4.69, 9.17) is 11.6 Å². The predicted molar refractivity (Wildman–Crippen MR) is 150 cm³/mol. The van der Waals surface area contributed by atoms with Gasteiger partial charge in [0, 0.05) is 56.7 Å². The first-order valence-corrected chi connectivity index (χ1v) is 13.5. The number of carbonyl (C=O) groups excluding carboxylic acids is 2. The third-order valence-electron chi connectivity index (χ3n) is 8.13. The number of ketones is 1. The van der Waals surface area contributed by atoms with E-state index in [1.165, 1.54) is 0 Å². The smallest absolute Gasteiger partial charge is 0.320 e. The highest BCUT2D eigenvalue weighted by Crippen LogP contribution is 2.40. The monoisotopic (exact) mass is 537 g/mol. The van der Waals surface area contributed by atoms with Crippen LogP contribution in [0.1, 0.15) is 43.6 Å². The Balaban J connectivity index is 1.24. The van der Waals surface area contributed by atoms with Crippen molar-refractivity contribution >= 4 is 29.4 Å². The lowest BCUT2D eigenvalue weighted by Gasteiger charge is -2.36. The molecule has 6 heterocycles. The highest BCUT2D eigenvalue weighted by atomic mass is 16.2. The molecule has 3 aromatic rings. The van der Waals surface area contributed by atoms with Crippen LogP contribution in [0.2, 0.25) is 0 Å². The van der Waals surface area contributed by atoms with Gasteiger partial charge in [-0.15, -0.1) is 4.98 Å². The molecule has 6 rings (SSSR count). The summed E-state index contributed by atoms with van der Waals surface area (Å²) in [7, 11) is 0. The zero-order chi connectivity index (χ0) is 28.2. The quantitative estimate of drug-likeness (QED) is 0.453. The molecule has 0 unspecified atom stereocenters. The summed E-state index contributed by atoms with van der Waals surface area (Å²) in [6, 6.07) is 7.71. The lowest BCUT2D eigenvalue weighted by atomic mass is 9.97. The number of urea groups is 1. The van der Waals surface area contributed by atoms with Crippen LogP contribution >= 0.6 is 0 Å². The molecular formula is C29H31N9O2. The van der Waals surface area contributed by atoms with Crippen LogP contribution in [0.25, 0.3) is 16.1 Å². The molecule has 0 spiro atoms. The summed E-state index contributed by atoms with van der Waals surface area (Å²) in [6.45, 7) is 18.4. The fourth-order valence-electron chi connectivity index (χ4n) is 5.77. The topological polar surface area (TPSA) is 103 Å². The van der Waals surface area contributed by atoms with Crippen LogP contribution < -0.4 is 9.80 Å². The van der Waals surface area contributed by atoms with Crippen molar-refractivity contribution in [1.82, 2.24) is 29.7 Å². The second-order valence-corrected chi connectivity index (χ2v) is 11.2. The number of nitrogens with zero attached hydrogens (tertiary/aromatic N) is 9. The summed E-state index contributed by atoms with van der Waals surface area (Å²) in [4.78, 5) is 55.8. The fourth-order valence-corrected chi connectivity index (χ4v) is 5.77. The average Bonchev–Trinajstić information content (AvgIpc) is 3.39. The first-order chi connectivity index (χ1) is 19.2. The molecule has 3 aliphatic heterocycles. The summed E-state index contributed by atoms with van der Waals surface area (Å²) < 4.78 is 0. The number of anilines is 2. The highest BCUT2D eigenvalue weighted by molar-refractivity contribution is 6.12. The van der Waals surface area contributed by atoms with E-state index in [0.717, 1.165) is 11.1 Å². The van der Waals surface area contributed by atoms with Gasteiger partial charge in [-0.25, -0.2) is 19.7 Å². The van der Waals surface area contributed by atoms with Crippen LogP contribution in [0, 0.1) is 6.57 Å². The largest absolute Gasteiger partial charge is 0.360 e. The van der Waals surface area contributed by atoms with Gasteiger partial charge in [0.25, 0.3) is 5.82 Å². The minimum absolute atomic E-state index is 0.0121. The van der Waals surface area contributed by atoms with E-state index in [2.05, 4.69) is 24.7 Å². The van der Waals surface area contributed by atoms with Crippen LogP contribution in [0.3, 0.4) is 0 Å². The number of carbonyl (C=O) groups is 2. The second kappa shape index (κ2) is 9.55. The van der Waals surface area contributed by atoms with E-state index in [1.54, 1.807) is 24.7 Å². The third kappa shape index (κ3) is 4.11. The van der Waals surface area contributed by atoms with Gasteiger partial charge < -0.3 is 24.4 Å². The Hall–Kier alpha value is -4.59. The van der Waals surface area contributed by atoms with Crippen molar-refractivity contribution in [2.45, 2.75) is 51.9 Å².